The Bertz CT molecular complexity index is 961. The number of benzene rings is 2. The summed E-state index contributed by atoms with van der Waals surface area (Å²) in [6.07, 6.45) is 0.0380. The van der Waals surface area contributed by atoms with Crippen LogP contribution in [0.3, 0.4) is 0 Å². The molecule has 0 amide bonds. The summed E-state index contributed by atoms with van der Waals surface area (Å²) < 4.78 is 9.59. The first-order valence-corrected chi connectivity index (χ1v) is 14.1. The van der Waals surface area contributed by atoms with Crippen LogP contribution in [0, 0.1) is 17.2 Å². The second kappa shape index (κ2) is 10.5. The molecule has 0 saturated carbocycles. The number of hydrogen-bond acceptors (Lipinski definition) is 4. The molecule has 0 fully saturated rings. The fourth-order valence-corrected chi connectivity index (χ4v) is 4.41. The van der Waals surface area contributed by atoms with Gasteiger partial charge in [-0.2, -0.15) is 0 Å². The van der Waals surface area contributed by atoms with Crippen molar-refractivity contribution in [3.05, 3.63) is 75.3 Å². The number of ether oxygens (including phenoxy) is 1. The van der Waals surface area contributed by atoms with Crippen molar-refractivity contribution in [2.75, 3.05) is 0 Å². The molecular formula is C19H18Cl3NO5Ru. The summed E-state index contributed by atoms with van der Waals surface area (Å²) in [5.41, 5.74) is 0.890. The van der Waals surface area contributed by atoms with Crippen molar-refractivity contribution in [2.24, 2.45) is 0 Å². The van der Waals surface area contributed by atoms with Crippen molar-refractivity contribution in [3.8, 4) is 5.75 Å². The molecule has 0 atom stereocenters. The fraction of sp³-hybridized carbons (Fsp3) is 0.211. The monoisotopic (exact) mass is 547 g/mol. The maximum absolute atomic E-state index is 12.7. The molecule has 10 heteroatoms. The predicted molar refractivity (Wildman–Crippen MR) is 112 cm³/mol. The van der Waals surface area contributed by atoms with Crippen molar-refractivity contribution in [1.29, 1.82) is 0 Å². The number of esters is 1. The normalized spacial score (nSPS) is 11.2. The van der Waals surface area contributed by atoms with Crippen LogP contribution in [0.5, 0.6) is 5.75 Å². The molecule has 0 N–H and O–H groups in total. The van der Waals surface area contributed by atoms with Gasteiger partial charge in [0.05, 0.1) is 0 Å². The predicted octanol–water partition coefficient (Wildman–Crippen LogP) is 6.15. The Balaban J connectivity index is 2.31. The maximum atomic E-state index is 12.7. The quantitative estimate of drug-likeness (QED) is 0.104. The van der Waals surface area contributed by atoms with E-state index in [1.807, 2.05) is 13.8 Å². The summed E-state index contributed by atoms with van der Waals surface area (Å²) in [7, 11) is 15.7. The Morgan fingerprint density at radius 1 is 1.31 bits per heavy atom. The summed E-state index contributed by atoms with van der Waals surface area (Å²) in [5, 5.41) is 11.5. The number of rotatable bonds is 7. The Morgan fingerprint density at radius 3 is 2.59 bits per heavy atom. The molecule has 29 heavy (non-hydrogen) atoms. The van der Waals surface area contributed by atoms with E-state index in [4.69, 9.17) is 35.7 Å². The first kappa shape index (κ1) is 23.7. The number of nitro benzene ring substituents is 1. The third-order valence-electron chi connectivity index (χ3n) is 3.89. The van der Waals surface area contributed by atoms with E-state index in [1.54, 1.807) is 18.2 Å². The van der Waals surface area contributed by atoms with Gasteiger partial charge in [0, 0.05) is 0 Å². The molecule has 0 radical (unpaired) electrons. The average Bonchev–Trinajstić information content (AvgIpc) is 2.65. The third-order valence-corrected chi connectivity index (χ3v) is 5.95. The van der Waals surface area contributed by atoms with Crippen LogP contribution in [0.15, 0.2) is 36.4 Å². The van der Waals surface area contributed by atoms with Gasteiger partial charge >= 0.3 is 187 Å². The number of carbonyl (C=O) groups is 1. The van der Waals surface area contributed by atoms with E-state index in [0.717, 1.165) is 0 Å². The number of nitrogens with zero attached hydrogens (tertiary/aromatic N) is 1. The van der Waals surface area contributed by atoms with Crippen molar-refractivity contribution in [3.63, 3.8) is 0 Å². The number of hydrogen-bond donors (Lipinski definition) is 0. The zero-order valence-corrected chi connectivity index (χ0v) is 19.5. The van der Waals surface area contributed by atoms with E-state index >= 15 is 0 Å². The van der Waals surface area contributed by atoms with Crippen molar-refractivity contribution in [1.82, 2.24) is 0 Å². The van der Waals surface area contributed by atoms with Crippen LogP contribution < -0.4 is 0 Å². The molecule has 158 valence electrons. The molecule has 2 aromatic carbocycles. The standard InChI is InChI=1S/C19H18ClNO5.2ClH.Ru/c1-12(2)26(4)18-8-5-15(20)10-14(18)11-25-19(22)17-7-6-16(21(23)24)9-13(17)3;;;/h3,5-10,12H,4,11H2,1-2H3;2*1H;/q;;;+2/p-2. The molecule has 6 nitrogen and oxygen atoms in total. The van der Waals surface area contributed by atoms with Crippen LogP contribution in [0.4, 0.5) is 5.69 Å². The molecule has 0 bridgehead atoms. The Labute approximate surface area is 186 Å². The molecule has 2 aromatic rings. The minimum absolute atomic E-state index is 0.0380. The Kier molecular flexibility index (Phi) is 8.59. The fourth-order valence-electron chi connectivity index (χ4n) is 2.41. The topological polar surface area (TPSA) is 72.1 Å². The van der Waals surface area contributed by atoms with E-state index in [-0.39, 0.29) is 29.5 Å². The van der Waals surface area contributed by atoms with E-state index in [9.17, 15) is 14.9 Å². The molecular weight excluding hydrogens is 530 g/mol. The van der Waals surface area contributed by atoms with Crippen molar-refractivity contribution < 1.29 is 32.3 Å². The molecule has 0 aliphatic heterocycles. The van der Waals surface area contributed by atoms with Gasteiger partial charge in [-0.3, -0.25) is 0 Å². The molecule has 0 unspecified atom stereocenters. The van der Waals surface area contributed by atoms with E-state index in [1.165, 1.54) is 22.8 Å². The second-order valence-corrected chi connectivity index (χ2v) is 12.3. The van der Waals surface area contributed by atoms with Crippen molar-refractivity contribution >= 4 is 47.2 Å². The zero-order valence-electron chi connectivity index (χ0n) is 15.5. The number of nitro groups is 1. The third kappa shape index (κ3) is 6.48. The molecule has 0 spiro atoms. The van der Waals surface area contributed by atoms with Gasteiger partial charge in [0.1, 0.15) is 0 Å². The van der Waals surface area contributed by atoms with Gasteiger partial charge < -0.3 is 0 Å². The van der Waals surface area contributed by atoms with Gasteiger partial charge in [-0.1, -0.05) is 0 Å². The summed E-state index contributed by atoms with van der Waals surface area (Å²) in [6, 6.07) is 8.97. The SMILES string of the molecule is [CH2-][O+](c1ccc(Cl)cc1COC(=O)c1ccc([N+](=O)[O-])cc1[CH]=[Ru]([Cl])[Cl])C(C)C. The molecule has 0 aliphatic rings. The molecule has 0 heterocycles. The van der Waals surface area contributed by atoms with Gasteiger partial charge in [-0.25, -0.2) is 0 Å². The molecule has 0 saturated heterocycles. The second-order valence-electron chi connectivity index (χ2n) is 6.14. The van der Waals surface area contributed by atoms with Crippen molar-refractivity contribution in [2.45, 2.75) is 26.6 Å². The van der Waals surface area contributed by atoms with Crippen LogP contribution in [0.2, 0.25) is 5.02 Å². The number of non-ortho nitro benzene ring substituents is 1. The number of carbonyl (C=O) groups excluding carboxylic acids is 1. The van der Waals surface area contributed by atoms with Gasteiger partial charge in [0.25, 0.3) is 0 Å². The first-order valence-electron chi connectivity index (χ1n) is 8.20. The summed E-state index contributed by atoms with van der Waals surface area (Å²) >= 11 is 3.75. The summed E-state index contributed by atoms with van der Waals surface area (Å²) in [6.45, 7) is 3.82. The molecule has 0 aliphatic carbocycles. The van der Waals surface area contributed by atoms with E-state index in [0.29, 0.717) is 16.3 Å². The van der Waals surface area contributed by atoms with Crippen LogP contribution in [-0.4, -0.2) is 21.6 Å². The first-order chi connectivity index (χ1) is 13.6. The van der Waals surface area contributed by atoms with Gasteiger partial charge in [0.15, 0.2) is 0 Å². The van der Waals surface area contributed by atoms with Gasteiger partial charge in [-0.15, -0.1) is 0 Å². The summed E-state index contributed by atoms with van der Waals surface area (Å²) in [4.78, 5) is 23.1. The van der Waals surface area contributed by atoms with E-state index < -0.39 is 24.4 Å². The average molecular weight is 548 g/mol. The number of halogens is 3. The van der Waals surface area contributed by atoms with Crippen LogP contribution in [-0.2, 0) is 29.2 Å². The van der Waals surface area contributed by atoms with Gasteiger partial charge in [-0.05, 0) is 0 Å². The zero-order chi connectivity index (χ0) is 21.7. The van der Waals surface area contributed by atoms with Crippen LogP contribution in [0.25, 0.3) is 0 Å². The molecule has 2 rings (SSSR count). The molecule has 0 aromatic heterocycles. The summed E-state index contributed by atoms with van der Waals surface area (Å²) in [5.74, 6) is 0.0351. The minimum atomic E-state index is -2.33. The van der Waals surface area contributed by atoms with Crippen LogP contribution >= 0.6 is 31.0 Å². The van der Waals surface area contributed by atoms with E-state index in [2.05, 4.69) is 11.5 Å². The van der Waals surface area contributed by atoms with Gasteiger partial charge in [0.2, 0.25) is 0 Å². The Hall–Kier alpha value is -1.53. The van der Waals surface area contributed by atoms with Crippen LogP contribution in [0.1, 0.15) is 35.3 Å². The Morgan fingerprint density at radius 2 is 2.00 bits per heavy atom.